The number of nitrogens with zero attached hydrogens (tertiary/aromatic N) is 3. The Balaban J connectivity index is 2.05. The first-order valence-electron chi connectivity index (χ1n) is 7.89. The molecule has 0 radical (unpaired) electrons. The molecule has 0 bridgehead atoms. The van der Waals surface area contributed by atoms with Crippen LogP contribution in [0.1, 0.15) is 18.1 Å². The molecule has 0 atom stereocenters. The number of amides is 3. The third-order valence-electron chi connectivity index (χ3n) is 4.28. The number of nitrogens with one attached hydrogen (secondary N) is 1. The summed E-state index contributed by atoms with van der Waals surface area (Å²) in [5.41, 5.74) is 4.08. The second-order valence-electron chi connectivity index (χ2n) is 6.27. The summed E-state index contributed by atoms with van der Waals surface area (Å²) in [5.74, 6) is 0.0658. The smallest absolute Gasteiger partial charge is 0.321 e. The summed E-state index contributed by atoms with van der Waals surface area (Å²) in [4.78, 5) is 29.4. The molecule has 1 fully saturated rings. The van der Waals surface area contributed by atoms with E-state index in [4.69, 9.17) is 0 Å². The summed E-state index contributed by atoms with van der Waals surface area (Å²) in [6, 6.07) is 4.03. The third kappa shape index (κ3) is 3.94. The molecule has 1 N–H and O–H groups in total. The maximum atomic E-state index is 12.5. The minimum Gasteiger partial charge on any atom is -0.378 e. The topological polar surface area (TPSA) is 55.9 Å². The number of hydrogen-bond acceptors (Lipinski definition) is 3. The Bertz CT molecular complexity index is 582. The van der Waals surface area contributed by atoms with Crippen molar-refractivity contribution >= 4 is 23.3 Å². The standard InChI is InChI=1S/C17H26N4O2/c1-12-10-15(19(4)5)11-13(2)16(12)18-17(23)21-8-6-20(7-9-21)14(3)22/h10-11H,6-9H2,1-5H3,(H,18,23). The highest BCUT2D eigenvalue weighted by atomic mass is 16.2. The van der Waals surface area contributed by atoms with Crippen LogP contribution in [0.3, 0.4) is 0 Å². The number of rotatable bonds is 2. The number of urea groups is 1. The van der Waals surface area contributed by atoms with E-state index in [1.54, 1.807) is 16.7 Å². The number of carbonyl (C=O) groups excluding carboxylic acids is 2. The van der Waals surface area contributed by atoms with E-state index in [2.05, 4.69) is 17.4 Å². The molecule has 1 saturated heterocycles. The summed E-state index contributed by atoms with van der Waals surface area (Å²) in [7, 11) is 4.00. The molecule has 2 rings (SSSR count). The number of carbonyl (C=O) groups is 2. The van der Waals surface area contributed by atoms with Gasteiger partial charge in [-0.2, -0.15) is 0 Å². The van der Waals surface area contributed by atoms with Crippen LogP contribution >= 0.6 is 0 Å². The van der Waals surface area contributed by atoms with E-state index in [1.807, 2.05) is 32.8 Å². The molecule has 126 valence electrons. The first kappa shape index (κ1) is 17.1. The molecule has 23 heavy (non-hydrogen) atoms. The predicted molar refractivity (Wildman–Crippen MR) is 93.1 cm³/mol. The van der Waals surface area contributed by atoms with Gasteiger partial charge in [0.25, 0.3) is 0 Å². The van der Waals surface area contributed by atoms with Crippen LogP contribution in [-0.4, -0.2) is 62.0 Å². The van der Waals surface area contributed by atoms with Crippen LogP contribution in [0.5, 0.6) is 0 Å². The lowest BCUT2D eigenvalue weighted by atomic mass is 10.1. The van der Waals surface area contributed by atoms with Gasteiger partial charge in [0.2, 0.25) is 5.91 Å². The molecule has 0 saturated carbocycles. The highest BCUT2D eigenvalue weighted by Crippen LogP contribution is 2.26. The minimum atomic E-state index is -0.1000. The summed E-state index contributed by atoms with van der Waals surface area (Å²) < 4.78 is 0. The van der Waals surface area contributed by atoms with Crippen LogP contribution in [0.25, 0.3) is 0 Å². The van der Waals surface area contributed by atoms with Crippen molar-refractivity contribution in [1.29, 1.82) is 0 Å². The van der Waals surface area contributed by atoms with Crippen molar-refractivity contribution in [3.63, 3.8) is 0 Å². The van der Waals surface area contributed by atoms with Gasteiger partial charge in [-0.05, 0) is 37.1 Å². The van der Waals surface area contributed by atoms with Crippen molar-refractivity contribution in [3.8, 4) is 0 Å². The Morgan fingerprint density at radius 3 is 1.91 bits per heavy atom. The summed E-state index contributed by atoms with van der Waals surface area (Å²) >= 11 is 0. The Hall–Kier alpha value is -2.24. The van der Waals surface area contributed by atoms with Gasteiger partial charge < -0.3 is 20.0 Å². The van der Waals surface area contributed by atoms with Crippen molar-refractivity contribution < 1.29 is 9.59 Å². The zero-order chi connectivity index (χ0) is 17.1. The van der Waals surface area contributed by atoms with Gasteiger partial charge in [0.15, 0.2) is 0 Å². The van der Waals surface area contributed by atoms with Crippen LogP contribution in [0, 0.1) is 13.8 Å². The molecule has 6 heteroatoms. The van der Waals surface area contributed by atoms with Crippen molar-refractivity contribution in [1.82, 2.24) is 9.80 Å². The number of benzene rings is 1. The fourth-order valence-electron chi connectivity index (χ4n) is 2.81. The molecule has 6 nitrogen and oxygen atoms in total. The van der Waals surface area contributed by atoms with Gasteiger partial charge in [0.05, 0.1) is 0 Å². The first-order valence-corrected chi connectivity index (χ1v) is 7.89. The number of piperazine rings is 1. The lowest BCUT2D eigenvalue weighted by Gasteiger charge is -2.34. The van der Waals surface area contributed by atoms with Gasteiger partial charge in [-0.1, -0.05) is 0 Å². The second-order valence-corrected chi connectivity index (χ2v) is 6.27. The van der Waals surface area contributed by atoms with Gasteiger partial charge in [-0.15, -0.1) is 0 Å². The van der Waals surface area contributed by atoms with Gasteiger partial charge in [0, 0.05) is 58.6 Å². The molecule has 0 aromatic heterocycles. The van der Waals surface area contributed by atoms with Crippen molar-refractivity contribution in [3.05, 3.63) is 23.3 Å². The first-order chi connectivity index (χ1) is 10.8. The molecule has 1 heterocycles. The lowest BCUT2D eigenvalue weighted by molar-refractivity contribution is -0.130. The van der Waals surface area contributed by atoms with Crippen LogP contribution in [0.15, 0.2) is 12.1 Å². The number of anilines is 2. The fourth-order valence-corrected chi connectivity index (χ4v) is 2.81. The zero-order valence-electron chi connectivity index (χ0n) is 14.6. The summed E-state index contributed by atoms with van der Waals surface area (Å²) in [5, 5.41) is 3.02. The van der Waals surface area contributed by atoms with E-state index >= 15 is 0 Å². The van der Waals surface area contributed by atoms with E-state index in [0.29, 0.717) is 26.2 Å². The maximum absolute atomic E-state index is 12.5. The molecule has 0 unspecified atom stereocenters. The van der Waals surface area contributed by atoms with Crippen LogP contribution in [0.2, 0.25) is 0 Å². The molecule has 1 aliphatic rings. The van der Waals surface area contributed by atoms with E-state index in [0.717, 1.165) is 22.5 Å². The molecule has 3 amide bonds. The highest BCUT2D eigenvalue weighted by Gasteiger charge is 2.23. The molecule has 1 aliphatic heterocycles. The van der Waals surface area contributed by atoms with Gasteiger partial charge >= 0.3 is 6.03 Å². The maximum Gasteiger partial charge on any atom is 0.321 e. The monoisotopic (exact) mass is 318 g/mol. The van der Waals surface area contributed by atoms with Crippen molar-refractivity contribution in [2.24, 2.45) is 0 Å². The molecule has 0 spiro atoms. The lowest BCUT2D eigenvalue weighted by Crippen LogP contribution is -2.51. The molecule has 1 aromatic rings. The van der Waals surface area contributed by atoms with Gasteiger partial charge in [0.1, 0.15) is 0 Å². The van der Waals surface area contributed by atoms with E-state index < -0.39 is 0 Å². The van der Waals surface area contributed by atoms with Crippen LogP contribution < -0.4 is 10.2 Å². The fraction of sp³-hybridized carbons (Fsp3) is 0.529. The third-order valence-corrected chi connectivity index (χ3v) is 4.28. The van der Waals surface area contributed by atoms with Crippen LogP contribution in [0.4, 0.5) is 16.2 Å². The van der Waals surface area contributed by atoms with E-state index in [9.17, 15) is 9.59 Å². The predicted octanol–water partition coefficient (Wildman–Crippen LogP) is 2.07. The normalized spacial score (nSPS) is 14.7. The molecular formula is C17H26N4O2. The molecular weight excluding hydrogens is 292 g/mol. The SMILES string of the molecule is CC(=O)N1CCN(C(=O)Nc2c(C)cc(N(C)C)cc2C)CC1. The average Bonchev–Trinajstić information content (AvgIpc) is 2.50. The number of aryl methyl sites for hydroxylation is 2. The Kier molecular flexibility index (Phi) is 5.13. The molecule has 0 aliphatic carbocycles. The Labute approximate surface area is 138 Å². The highest BCUT2D eigenvalue weighted by molar-refractivity contribution is 5.91. The van der Waals surface area contributed by atoms with Gasteiger partial charge in [-0.25, -0.2) is 4.79 Å². The Morgan fingerprint density at radius 2 is 1.48 bits per heavy atom. The van der Waals surface area contributed by atoms with Crippen LogP contribution in [-0.2, 0) is 4.79 Å². The van der Waals surface area contributed by atoms with Gasteiger partial charge in [-0.3, -0.25) is 4.79 Å². The Morgan fingerprint density at radius 1 is 1.00 bits per heavy atom. The quantitative estimate of drug-likeness (QED) is 0.908. The molecule has 1 aromatic carbocycles. The summed E-state index contributed by atoms with van der Waals surface area (Å²) in [6.45, 7) is 7.90. The largest absolute Gasteiger partial charge is 0.378 e. The van der Waals surface area contributed by atoms with Crippen molar-refractivity contribution in [2.45, 2.75) is 20.8 Å². The summed E-state index contributed by atoms with van der Waals surface area (Å²) in [6.07, 6.45) is 0. The number of hydrogen-bond donors (Lipinski definition) is 1. The van der Waals surface area contributed by atoms with E-state index in [-0.39, 0.29) is 11.9 Å². The zero-order valence-corrected chi connectivity index (χ0v) is 14.6. The van der Waals surface area contributed by atoms with Crippen molar-refractivity contribution in [2.75, 3.05) is 50.5 Å². The second kappa shape index (κ2) is 6.89. The average molecular weight is 318 g/mol. The van der Waals surface area contributed by atoms with E-state index in [1.165, 1.54) is 0 Å². The minimum absolute atomic E-state index is 0.0658.